The molecule has 2 nitrogen and oxygen atoms in total. The predicted octanol–water partition coefficient (Wildman–Crippen LogP) is 1.32. The largest absolute Gasteiger partial charge is 0.314 e. The first-order valence-corrected chi connectivity index (χ1v) is 3.28. The minimum absolute atomic E-state index is 1.05. The second-order valence-electron chi connectivity index (χ2n) is 2.19. The van der Waals surface area contributed by atoms with Crippen molar-refractivity contribution in [2.75, 3.05) is 20.6 Å². The Labute approximate surface area is 57.7 Å². The van der Waals surface area contributed by atoms with E-state index in [-0.39, 0.29) is 0 Å². The fourth-order valence-corrected chi connectivity index (χ4v) is 0.684. The summed E-state index contributed by atoms with van der Waals surface area (Å²) >= 11 is 0. The van der Waals surface area contributed by atoms with Crippen molar-refractivity contribution in [1.82, 2.24) is 10.0 Å². The van der Waals surface area contributed by atoms with Crippen LogP contribution < -0.4 is 0 Å². The summed E-state index contributed by atoms with van der Waals surface area (Å²) in [6.45, 7) is 6.89. The van der Waals surface area contributed by atoms with Gasteiger partial charge in [-0.05, 0) is 6.42 Å². The Balaban J connectivity index is 3.54. The van der Waals surface area contributed by atoms with Crippen molar-refractivity contribution in [2.45, 2.75) is 13.3 Å². The van der Waals surface area contributed by atoms with Gasteiger partial charge < -0.3 is 5.01 Å². The molecule has 0 heterocycles. The van der Waals surface area contributed by atoms with Gasteiger partial charge in [0.25, 0.3) is 0 Å². The quantitative estimate of drug-likeness (QED) is 0.527. The van der Waals surface area contributed by atoms with Gasteiger partial charge in [-0.15, -0.1) is 0 Å². The van der Waals surface area contributed by atoms with Crippen molar-refractivity contribution >= 4 is 0 Å². The summed E-state index contributed by atoms with van der Waals surface area (Å²) in [5.74, 6) is 0. The maximum Gasteiger partial charge on any atom is 0.0337 e. The lowest BCUT2D eigenvalue weighted by atomic mass is 10.5. The molecule has 0 rings (SSSR count). The molecular weight excluding hydrogens is 112 g/mol. The molecule has 0 saturated heterocycles. The Morgan fingerprint density at radius 1 is 1.44 bits per heavy atom. The second kappa shape index (κ2) is 4.39. The van der Waals surface area contributed by atoms with Crippen molar-refractivity contribution in [3.63, 3.8) is 0 Å². The van der Waals surface area contributed by atoms with Crippen LogP contribution in [-0.2, 0) is 0 Å². The molecule has 0 N–H and O–H groups in total. The third-order valence-corrected chi connectivity index (χ3v) is 1.18. The van der Waals surface area contributed by atoms with Crippen LogP contribution in [0.15, 0.2) is 12.8 Å². The molecule has 0 aromatic carbocycles. The van der Waals surface area contributed by atoms with Gasteiger partial charge in [-0.1, -0.05) is 13.5 Å². The predicted molar refractivity (Wildman–Crippen MR) is 40.9 cm³/mol. The summed E-state index contributed by atoms with van der Waals surface area (Å²) in [7, 11) is 4.02. The van der Waals surface area contributed by atoms with Gasteiger partial charge >= 0.3 is 0 Å². The molecule has 0 saturated carbocycles. The Kier molecular flexibility index (Phi) is 4.14. The van der Waals surface area contributed by atoms with Crippen LogP contribution in [0.25, 0.3) is 0 Å². The Hall–Kier alpha value is -0.500. The highest BCUT2D eigenvalue weighted by atomic mass is 15.6. The molecule has 54 valence electrons. The molecule has 0 aliphatic rings. The molecule has 0 spiro atoms. The third-order valence-electron chi connectivity index (χ3n) is 1.18. The van der Waals surface area contributed by atoms with Gasteiger partial charge in [-0.25, -0.2) is 5.01 Å². The van der Waals surface area contributed by atoms with E-state index in [1.807, 2.05) is 25.3 Å². The lowest BCUT2D eigenvalue weighted by Gasteiger charge is -2.26. The van der Waals surface area contributed by atoms with Crippen LogP contribution in [0.2, 0.25) is 0 Å². The second-order valence-corrected chi connectivity index (χ2v) is 2.19. The minimum Gasteiger partial charge on any atom is -0.314 e. The maximum absolute atomic E-state index is 3.69. The van der Waals surface area contributed by atoms with E-state index in [1.165, 1.54) is 0 Å². The molecule has 0 fully saturated rings. The number of hydrazine groups is 1. The number of hydrogen-bond acceptors (Lipinski definition) is 2. The topological polar surface area (TPSA) is 6.48 Å². The normalized spacial score (nSPS) is 9.78. The zero-order chi connectivity index (χ0) is 7.28. The molecule has 0 bridgehead atoms. The molecule has 9 heavy (non-hydrogen) atoms. The summed E-state index contributed by atoms with van der Waals surface area (Å²) in [6, 6.07) is 0. The Morgan fingerprint density at radius 3 is 2.11 bits per heavy atom. The number of rotatable bonds is 4. The highest BCUT2D eigenvalue weighted by Gasteiger charge is 1.95. The van der Waals surface area contributed by atoms with Gasteiger partial charge in [0.15, 0.2) is 0 Å². The van der Waals surface area contributed by atoms with Crippen LogP contribution in [0.4, 0.5) is 0 Å². The van der Waals surface area contributed by atoms with E-state index in [0.29, 0.717) is 0 Å². The Bertz CT molecular complexity index is 79.0. The highest BCUT2D eigenvalue weighted by molar-refractivity contribution is 4.65. The highest BCUT2D eigenvalue weighted by Crippen LogP contribution is 1.92. The summed E-state index contributed by atoms with van der Waals surface area (Å²) < 4.78 is 0. The minimum atomic E-state index is 1.05. The molecule has 0 atom stereocenters. The summed E-state index contributed by atoms with van der Waals surface area (Å²) in [6.07, 6.45) is 2.99. The van der Waals surface area contributed by atoms with Crippen molar-refractivity contribution in [3.05, 3.63) is 12.8 Å². The fourth-order valence-electron chi connectivity index (χ4n) is 0.684. The summed E-state index contributed by atoms with van der Waals surface area (Å²) in [4.78, 5) is 0. The molecule has 0 aromatic rings. The summed E-state index contributed by atoms with van der Waals surface area (Å²) in [5.41, 5.74) is 0. The molecule has 0 aliphatic carbocycles. The molecule has 0 aromatic heterocycles. The Morgan fingerprint density at radius 2 is 2.00 bits per heavy atom. The molecule has 0 aliphatic heterocycles. The molecular formula is C7H16N2. The molecule has 0 unspecified atom stereocenters. The SMILES string of the molecule is C=CN(CCC)N(C)C. The number of hydrogen-bond donors (Lipinski definition) is 0. The average molecular weight is 128 g/mol. The van der Waals surface area contributed by atoms with Gasteiger partial charge in [0, 0.05) is 26.8 Å². The van der Waals surface area contributed by atoms with Crippen molar-refractivity contribution in [1.29, 1.82) is 0 Å². The van der Waals surface area contributed by atoms with E-state index in [0.717, 1.165) is 13.0 Å². The van der Waals surface area contributed by atoms with Gasteiger partial charge in [-0.2, -0.15) is 0 Å². The van der Waals surface area contributed by atoms with Gasteiger partial charge in [0.05, 0.1) is 0 Å². The monoisotopic (exact) mass is 128 g/mol. The first kappa shape index (κ1) is 8.50. The lowest BCUT2D eigenvalue weighted by Crippen LogP contribution is -2.32. The van der Waals surface area contributed by atoms with Crippen molar-refractivity contribution in [2.24, 2.45) is 0 Å². The van der Waals surface area contributed by atoms with E-state index in [2.05, 4.69) is 18.5 Å². The van der Waals surface area contributed by atoms with E-state index in [4.69, 9.17) is 0 Å². The van der Waals surface area contributed by atoms with E-state index >= 15 is 0 Å². The first-order valence-electron chi connectivity index (χ1n) is 3.28. The number of nitrogens with zero attached hydrogens (tertiary/aromatic N) is 2. The lowest BCUT2D eigenvalue weighted by molar-refractivity contribution is 0.0832. The van der Waals surface area contributed by atoms with Crippen LogP contribution in [0.3, 0.4) is 0 Å². The molecule has 2 heteroatoms. The zero-order valence-corrected chi connectivity index (χ0v) is 6.59. The third kappa shape index (κ3) is 3.14. The average Bonchev–Trinajstić information content (AvgIpc) is 1.82. The van der Waals surface area contributed by atoms with Crippen LogP contribution in [0.5, 0.6) is 0 Å². The van der Waals surface area contributed by atoms with E-state index in [1.54, 1.807) is 0 Å². The van der Waals surface area contributed by atoms with E-state index in [9.17, 15) is 0 Å². The molecule has 0 radical (unpaired) electrons. The van der Waals surface area contributed by atoms with Crippen molar-refractivity contribution in [3.8, 4) is 0 Å². The van der Waals surface area contributed by atoms with E-state index < -0.39 is 0 Å². The van der Waals surface area contributed by atoms with Gasteiger partial charge in [-0.3, -0.25) is 0 Å². The van der Waals surface area contributed by atoms with Crippen molar-refractivity contribution < 1.29 is 0 Å². The first-order chi connectivity index (χ1) is 4.22. The van der Waals surface area contributed by atoms with Crippen LogP contribution in [0, 0.1) is 0 Å². The van der Waals surface area contributed by atoms with Gasteiger partial charge in [0.1, 0.15) is 0 Å². The van der Waals surface area contributed by atoms with Crippen LogP contribution in [-0.4, -0.2) is 30.7 Å². The maximum atomic E-state index is 3.69. The summed E-state index contributed by atoms with van der Waals surface area (Å²) in [5, 5.41) is 4.09. The van der Waals surface area contributed by atoms with Gasteiger partial charge in [0.2, 0.25) is 0 Å². The van der Waals surface area contributed by atoms with Crippen LogP contribution >= 0.6 is 0 Å². The smallest absolute Gasteiger partial charge is 0.0337 e. The molecule has 0 amide bonds. The fraction of sp³-hybridized carbons (Fsp3) is 0.714. The van der Waals surface area contributed by atoms with Crippen LogP contribution in [0.1, 0.15) is 13.3 Å². The zero-order valence-electron chi connectivity index (χ0n) is 6.59. The standard InChI is InChI=1S/C7H16N2/c1-5-7-9(6-2)8(3)4/h6H,2,5,7H2,1,3-4H3.